The lowest BCUT2D eigenvalue weighted by atomic mass is 10.1. The maximum atomic E-state index is 13.5. The van der Waals surface area contributed by atoms with Crippen LogP contribution < -0.4 is 0 Å². The molecule has 0 unspecified atom stereocenters. The predicted octanol–water partition coefficient (Wildman–Crippen LogP) is 3.02. The Morgan fingerprint density at radius 2 is 2.00 bits per heavy atom. The lowest BCUT2D eigenvalue weighted by Gasteiger charge is -1.97. The molecule has 2 heterocycles. The van der Waals surface area contributed by atoms with Gasteiger partial charge in [-0.15, -0.1) is 0 Å². The van der Waals surface area contributed by atoms with E-state index >= 15 is 0 Å². The largest absolute Gasteiger partial charge is 0.342 e. The highest BCUT2D eigenvalue weighted by molar-refractivity contribution is 5.75. The number of H-pyrrole nitrogens is 1. The highest BCUT2D eigenvalue weighted by Gasteiger charge is 2.11. The van der Waals surface area contributed by atoms with Gasteiger partial charge in [-0.05, 0) is 30.2 Å². The SMILES string of the molecule is Fc1ccc2[nH]c(CCc3cccnc3)nc2c1F. The summed E-state index contributed by atoms with van der Waals surface area (Å²) in [7, 11) is 0. The predicted molar refractivity (Wildman–Crippen MR) is 67.7 cm³/mol. The van der Waals surface area contributed by atoms with Crippen molar-refractivity contribution in [1.82, 2.24) is 15.0 Å². The molecule has 0 aliphatic carbocycles. The topological polar surface area (TPSA) is 41.6 Å². The van der Waals surface area contributed by atoms with Crippen LogP contribution in [0.1, 0.15) is 11.4 Å². The van der Waals surface area contributed by atoms with E-state index in [9.17, 15) is 8.78 Å². The molecule has 0 bridgehead atoms. The minimum Gasteiger partial charge on any atom is -0.342 e. The first kappa shape index (κ1) is 11.8. The van der Waals surface area contributed by atoms with Crippen molar-refractivity contribution in [2.24, 2.45) is 0 Å². The Labute approximate surface area is 108 Å². The Balaban J connectivity index is 1.84. The molecule has 0 fully saturated rings. The summed E-state index contributed by atoms with van der Waals surface area (Å²) >= 11 is 0. The van der Waals surface area contributed by atoms with Gasteiger partial charge in [0.1, 0.15) is 11.3 Å². The monoisotopic (exact) mass is 259 g/mol. The molecule has 0 spiro atoms. The average Bonchev–Trinajstić information content (AvgIpc) is 2.86. The number of pyridine rings is 1. The molecule has 0 saturated carbocycles. The second kappa shape index (κ2) is 4.76. The van der Waals surface area contributed by atoms with E-state index in [4.69, 9.17) is 0 Å². The molecule has 5 heteroatoms. The average molecular weight is 259 g/mol. The van der Waals surface area contributed by atoms with Gasteiger partial charge in [0.25, 0.3) is 0 Å². The maximum Gasteiger partial charge on any atom is 0.186 e. The quantitative estimate of drug-likeness (QED) is 0.785. The maximum absolute atomic E-state index is 13.5. The molecule has 0 atom stereocenters. The number of hydrogen-bond donors (Lipinski definition) is 1. The summed E-state index contributed by atoms with van der Waals surface area (Å²) in [5.74, 6) is -1.14. The number of aromatic nitrogens is 3. The zero-order valence-corrected chi connectivity index (χ0v) is 10.0. The van der Waals surface area contributed by atoms with Crippen molar-refractivity contribution in [2.75, 3.05) is 0 Å². The number of hydrogen-bond acceptors (Lipinski definition) is 2. The van der Waals surface area contributed by atoms with Crippen LogP contribution in [0, 0.1) is 11.6 Å². The third-order valence-corrected chi connectivity index (χ3v) is 2.97. The van der Waals surface area contributed by atoms with Crippen molar-refractivity contribution in [1.29, 1.82) is 0 Å². The Bertz CT molecular complexity index is 707. The standard InChI is InChI=1S/C14H11F2N3/c15-10-4-5-11-14(13(10)16)19-12(18-11)6-3-9-2-1-7-17-8-9/h1-2,4-5,7-8H,3,6H2,(H,18,19). The Kier molecular flexibility index (Phi) is 2.95. The molecule has 0 amide bonds. The Morgan fingerprint density at radius 3 is 2.79 bits per heavy atom. The molecule has 19 heavy (non-hydrogen) atoms. The highest BCUT2D eigenvalue weighted by atomic mass is 19.2. The van der Waals surface area contributed by atoms with Gasteiger partial charge < -0.3 is 4.98 Å². The summed E-state index contributed by atoms with van der Waals surface area (Å²) in [4.78, 5) is 11.1. The number of rotatable bonds is 3. The lowest BCUT2D eigenvalue weighted by Crippen LogP contribution is -1.93. The fraction of sp³-hybridized carbons (Fsp3) is 0.143. The number of aryl methyl sites for hydroxylation is 2. The van der Waals surface area contributed by atoms with Crippen molar-refractivity contribution in [3.63, 3.8) is 0 Å². The second-order valence-corrected chi connectivity index (χ2v) is 4.30. The van der Waals surface area contributed by atoms with E-state index in [1.165, 1.54) is 6.07 Å². The van der Waals surface area contributed by atoms with Gasteiger partial charge in [0, 0.05) is 18.8 Å². The normalized spacial score (nSPS) is 11.1. The second-order valence-electron chi connectivity index (χ2n) is 4.30. The number of nitrogens with one attached hydrogen (secondary N) is 1. The minimum atomic E-state index is -0.902. The molecule has 0 aliphatic rings. The molecule has 0 saturated heterocycles. The minimum absolute atomic E-state index is 0.0567. The first-order valence-electron chi connectivity index (χ1n) is 5.95. The number of halogens is 2. The third-order valence-electron chi connectivity index (χ3n) is 2.97. The van der Waals surface area contributed by atoms with Gasteiger partial charge in [-0.3, -0.25) is 4.98 Å². The Morgan fingerprint density at radius 1 is 1.11 bits per heavy atom. The molecule has 0 radical (unpaired) electrons. The van der Waals surface area contributed by atoms with Crippen LogP contribution in [0.15, 0.2) is 36.7 Å². The van der Waals surface area contributed by atoms with Crippen LogP contribution in [0.2, 0.25) is 0 Å². The van der Waals surface area contributed by atoms with Crippen LogP contribution in [0.4, 0.5) is 8.78 Å². The van der Waals surface area contributed by atoms with Crippen LogP contribution in [0.3, 0.4) is 0 Å². The number of aromatic amines is 1. The zero-order valence-electron chi connectivity index (χ0n) is 10.0. The van der Waals surface area contributed by atoms with E-state index in [1.807, 2.05) is 12.1 Å². The first-order valence-corrected chi connectivity index (χ1v) is 5.95. The van der Waals surface area contributed by atoms with Crippen molar-refractivity contribution >= 4 is 11.0 Å². The van der Waals surface area contributed by atoms with Crippen LogP contribution >= 0.6 is 0 Å². The fourth-order valence-corrected chi connectivity index (χ4v) is 2.00. The fourth-order valence-electron chi connectivity index (χ4n) is 2.00. The Hall–Kier alpha value is -2.30. The van der Waals surface area contributed by atoms with Gasteiger partial charge in [0.2, 0.25) is 0 Å². The van der Waals surface area contributed by atoms with Crippen LogP contribution in [0.25, 0.3) is 11.0 Å². The molecule has 96 valence electrons. The summed E-state index contributed by atoms with van der Waals surface area (Å²) in [5, 5.41) is 0. The van der Waals surface area contributed by atoms with Gasteiger partial charge >= 0.3 is 0 Å². The third kappa shape index (κ3) is 2.31. The van der Waals surface area contributed by atoms with E-state index in [-0.39, 0.29) is 5.52 Å². The lowest BCUT2D eigenvalue weighted by molar-refractivity contribution is 0.515. The van der Waals surface area contributed by atoms with Gasteiger partial charge in [0.15, 0.2) is 11.6 Å². The van der Waals surface area contributed by atoms with E-state index in [1.54, 1.807) is 12.4 Å². The molecular formula is C14H11F2N3. The van der Waals surface area contributed by atoms with Crippen molar-refractivity contribution in [2.45, 2.75) is 12.8 Å². The van der Waals surface area contributed by atoms with Crippen molar-refractivity contribution in [3.05, 3.63) is 59.7 Å². The van der Waals surface area contributed by atoms with Gasteiger partial charge in [0.05, 0.1) is 5.52 Å². The summed E-state index contributed by atoms with van der Waals surface area (Å²) in [6.07, 6.45) is 4.87. The molecule has 3 nitrogen and oxygen atoms in total. The summed E-state index contributed by atoms with van der Waals surface area (Å²) in [6.45, 7) is 0. The summed E-state index contributed by atoms with van der Waals surface area (Å²) < 4.78 is 26.6. The van der Waals surface area contributed by atoms with E-state index in [0.29, 0.717) is 17.8 Å². The zero-order chi connectivity index (χ0) is 13.2. The van der Waals surface area contributed by atoms with Gasteiger partial charge in [-0.2, -0.15) is 0 Å². The summed E-state index contributed by atoms with van der Waals surface area (Å²) in [6, 6.07) is 6.42. The smallest absolute Gasteiger partial charge is 0.186 e. The molecule has 3 rings (SSSR count). The van der Waals surface area contributed by atoms with Gasteiger partial charge in [-0.1, -0.05) is 6.07 Å². The van der Waals surface area contributed by atoms with Gasteiger partial charge in [-0.25, -0.2) is 13.8 Å². The molecule has 1 aromatic carbocycles. The van der Waals surface area contributed by atoms with Crippen LogP contribution in [0.5, 0.6) is 0 Å². The number of imidazole rings is 1. The number of benzene rings is 1. The number of fused-ring (bicyclic) bond motifs is 1. The first-order chi connectivity index (χ1) is 9.24. The highest BCUT2D eigenvalue weighted by Crippen LogP contribution is 2.18. The van der Waals surface area contributed by atoms with Crippen molar-refractivity contribution < 1.29 is 8.78 Å². The van der Waals surface area contributed by atoms with Crippen molar-refractivity contribution in [3.8, 4) is 0 Å². The molecular weight excluding hydrogens is 248 g/mol. The molecule has 0 aliphatic heterocycles. The van der Waals surface area contributed by atoms with Crippen LogP contribution in [-0.2, 0) is 12.8 Å². The van der Waals surface area contributed by atoms with E-state index in [2.05, 4.69) is 15.0 Å². The van der Waals surface area contributed by atoms with E-state index in [0.717, 1.165) is 18.1 Å². The molecule has 2 aromatic heterocycles. The van der Waals surface area contributed by atoms with E-state index < -0.39 is 11.6 Å². The molecule has 3 aromatic rings. The van der Waals surface area contributed by atoms with Crippen LogP contribution in [-0.4, -0.2) is 15.0 Å². The number of nitrogens with zero attached hydrogens (tertiary/aromatic N) is 2. The molecule has 1 N–H and O–H groups in total. The summed E-state index contributed by atoms with van der Waals surface area (Å²) in [5.41, 5.74) is 1.65.